The van der Waals surface area contributed by atoms with Gasteiger partial charge in [0.25, 0.3) is 5.91 Å². The highest BCUT2D eigenvalue weighted by atomic mass is 16.8. The molecule has 9 heteroatoms. The fourth-order valence-corrected chi connectivity index (χ4v) is 1.29. The molecule has 0 unspecified atom stereocenters. The average molecular weight is 300 g/mol. The number of carbonyl (C=O) groups is 2. The van der Waals surface area contributed by atoms with Crippen molar-refractivity contribution in [3.8, 4) is 11.5 Å². The minimum absolute atomic E-state index is 0.0165. The summed E-state index contributed by atoms with van der Waals surface area (Å²) in [7, 11) is 2.85. The number of primary amides is 1. The number of aromatic nitrogens is 1. The maximum absolute atomic E-state index is 11.2. The van der Waals surface area contributed by atoms with E-state index in [2.05, 4.69) is 14.5 Å². The third-order valence-corrected chi connectivity index (χ3v) is 2.21. The Hall–Kier alpha value is -2.55. The third-order valence-electron chi connectivity index (χ3n) is 2.21. The van der Waals surface area contributed by atoms with Gasteiger partial charge in [0.05, 0.1) is 13.7 Å². The van der Waals surface area contributed by atoms with Gasteiger partial charge in [-0.15, -0.1) is 0 Å². The number of nitrogens with two attached hydrogens (primary N) is 1. The van der Waals surface area contributed by atoms with Crippen LogP contribution < -0.4 is 15.2 Å². The standard InChI is InChI=1S/C12H16N2O7/c1-17-5-6-19-12(16)21-7-20-10-8(18-2)3-4-14-9(10)11(13)15/h3-4H,5-7H2,1-2H3,(H2,13,15). The molecule has 0 saturated heterocycles. The van der Waals surface area contributed by atoms with E-state index < -0.39 is 18.9 Å². The van der Waals surface area contributed by atoms with Crippen LogP contribution in [0, 0.1) is 0 Å². The fourth-order valence-electron chi connectivity index (χ4n) is 1.29. The number of nitrogens with zero attached hydrogens (tertiary/aromatic N) is 1. The maximum Gasteiger partial charge on any atom is 0.511 e. The second-order valence-corrected chi connectivity index (χ2v) is 3.55. The molecule has 0 fully saturated rings. The second kappa shape index (κ2) is 8.59. The van der Waals surface area contributed by atoms with E-state index in [4.69, 9.17) is 19.9 Å². The van der Waals surface area contributed by atoms with Crippen LogP contribution in [0.2, 0.25) is 0 Å². The zero-order valence-corrected chi connectivity index (χ0v) is 11.7. The van der Waals surface area contributed by atoms with Gasteiger partial charge in [-0.25, -0.2) is 9.78 Å². The molecule has 0 radical (unpaired) electrons. The number of carbonyl (C=O) groups excluding carboxylic acids is 2. The van der Waals surface area contributed by atoms with E-state index in [0.29, 0.717) is 0 Å². The molecule has 0 atom stereocenters. The Balaban J connectivity index is 2.58. The van der Waals surface area contributed by atoms with Gasteiger partial charge in [0.2, 0.25) is 6.79 Å². The van der Waals surface area contributed by atoms with E-state index in [1.807, 2.05) is 0 Å². The largest absolute Gasteiger partial charge is 0.511 e. The van der Waals surface area contributed by atoms with E-state index in [9.17, 15) is 9.59 Å². The van der Waals surface area contributed by atoms with Crippen LogP contribution in [0.1, 0.15) is 10.5 Å². The molecule has 0 aliphatic heterocycles. The molecule has 0 bridgehead atoms. The van der Waals surface area contributed by atoms with Gasteiger partial charge in [0.15, 0.2) is 17.2 Å². The number of amides is 1. The predicted molar refractivity (Wildman–Crippen MR) is 69.1 cm³/mol. The molecule has 0 aliphatic rings. The summed E-state index contributed by atoms with van der Waals surface area (Å²) in [6.45, 7) is -0.190. The second-order valence-electron chi connectivity index (χ2n) is 3.55. The van der Waals surface area contributed by atoms with Gasteiger partial charge in [-0.3, -0.25) is 4.79 Å². The van der Waals surface area contributed by atoms with Crippen molar-refractivity contribution in [1.82, 2.24) is 4.98 Å². The Labute approximate surface area is 120 Å². The molecule has 1 rings (SSSR count). The summed E-state index contributed by atoms with van der Waals surface area (Å²) < 4.78 is 24.2. The smallest absolute Gasteiger partial charge is 0.493 e. The van der Waals surface area contributed by atoms with Crippen molar-refractivity contribution >= 4 is 12.1 Å². The van der Waals surface area contributed by atoms with E-state index in [0.717, 1.165) is 0 Å². The molecule has 1 amide bonds. The number of rotatable bonds is 8. The summed E-state index contributed by atoms with van der Waals surface area (Å²) in [6.07, 6.45) is 0.404. The lowest BCUT2D eigenvalue weighted by Crippen LogP contribution is -2.18. The van der Waals surface area contributed by atoms with Crippen LogP contribution in [0.15, 0.2) is 12.3 Å². The van der Waals surface area contributed by atoms with Crippen LogP contribution in [0.25, 0.3) is 0 Å². The lowest BCUT2D eigenvalue weighted by atomic mass is 10.3. The molecule has 0 spiro atoms. The molecule has 2 N–H and O–H groups in total. The number of hydrogen-bond donors (Lipinski definition) is 1. The zero-order valence-electron chi connectivity index (χ0n) is 11.7. The van der Waals surface area contributed by atoms with Gasteiger partial charge >= 0.3 is 6.16 Å². The zero-order chi connectivity index (χ0) is 15.7. The molecule has 1 aromatic rings. The molecular formula is C12H16N2O7. The summed E-state index contributed by atoms with van der Waals surface area (Å²) in [5.74, 6) is -0.584. The molecular weight excluding hydrogens is 284 g/mol. The van der Waals surface area contributed by atoms with Crippen LogP contribution in [-0.4, -0.2) is 51.3 Å². The number of ether oxygens (including phenoxy) is 5. The number of methoxy groups -OCH3 is 2. The molecule has 0 aliphatic carbocycles. The van der Waals surface area contributed by atoms with Crippen molar-refractivity contribution in [2.45, 2.75) is 0 Å². The number of hydrogen-bond acceptors (Lipinski definition) is 8. The molecule has 1 heterocycles. The topological polar surface area (TPSA) is 119 Å². The highest BCUT2D eigenvalue weighted by molar-refractivity contribution is 5.94. The summed E-state index contributed by atoms with van der Waals surface area (Å²) >= 11 is 0. The Morgan fingerprint density at radius 3 is 2.62 bits per heavy atom. The molecule has 0 saturated carbocycles. The van der Waals surface area contributed by atoms with Crippen molar-refractivity contribution in [2.24, 2.45) is 5.73 Å². The Kier molecular flexibility index (Phi) is 6.75. The first-order valence-electron chi connectivity index (χ1n) is 5.84. The Bertz CT molecular complexity index is 492. The minimum Gasteiger partial charge on any atom is -0.493 e. The van der Waals surface area contributed by atoms with Crippen molar-refractivity contribution < 1.29 is 33.3 Å². The SMILES string of the molecule is COCCOC(=O)OCOc1c(OC)ccnc1C(N)=O. The van der Waals surface area contributed by atoms with Gasteiger partial charge < -0.3 is 29.4 Å². The fraction of sp³-hybridized carbons (Fsp3) is 0.417. The van der Waals surface area contributed by atoms with E-state index >= 15 is 0 Å². The first kappa shape index (κ1) is 16.5. The highest BCUT2D eigenvalue weighted by Crippen LogP contribution is 2.29. The van der Waals surface area contributed by atoms with Crippen LogP contribution in [0.5, 0.6) is 11.5 Å². The normalized spacial score (nSPS) is 9.81. The van der Waals surface area contributed by atoms with Gasteiger partial charge in [-0.05, 0) is 0 Å². The summed E-state index contributed by atoms with van der Waals surface area (Å²) in [6, 6.07) is 1.47. The van der Waals surface area contributed by atoms with Crippen LogP contribution in [0.4, 0.5) is 4.79 Å². The van der Waals surface area contributed by atoms with Crippen molar-refractivity contribution in [3.05, 3.63) is 18.0 Å². The van der Waals surface area contributed by atoms with Gasteiger partial charge in [-0.2, -0.15) is 0 Å². The summed E-state index contributed by atoms with van der Waals surface area (Å²) in [5, 5.41) is 0. The lowest BCUT2D eigenvalue weighted by Gasteiger charge is -2.12. The Morgan fingerprint density at radius 1 is 1.24 bits per heavy atom. The van der Waals surface area contributed by atoms with Crippen LogP contribution in [0.3, 0.4) is 0 Å². The minimum atomic E-state index is -0.935. The third kappa shape index (κ3) is 5.15. The van der Waals surface area contributed by atoms with Crippen molar-refractivity contribution in [3.63, 3.8) is 0 Å². The average Bonchev–Trinajstić information content (AvgIpc) is 2.47. The first-order valence-corrected chi connectivity index (χ1v) is 5.84. The molecule has 9 nitrogen and oxygen atoms in total. The van der Waals surface area contributed by atoms with Crippen LogP contribution in [-0.2, 0) is 14.2 Å². The molecule has 1 aromatic heterocycles. The van der Waals surface area contributed by atoms with Gasteiger partial charge in [0, 0.05) is 19.4 Å². The predicted octanol–water partition coefficient (Wildman–Crippen LogP) is 0.325. The highest BCUT2D eigenvalue weighted by Gasteiger charge is 2.17. The quantitative estimate of drug-likeness (QED) is 0.414. The van der Waals surface area contributed by atoms with Crippen LogP contribution >= 0.6 is 0 Å². The van der Waals surface area contributed by atoms with Gasteiger partial charge in [-0.1, -0.05) is 0 Å². The van der Waals surface area contributed by atoms with E-state index in [1.165, 1.54) is 26.5 Å². The molecule has 0 aromatic carbocycles. The van der Waals surface area contributed by atoms with E-state index in [1.54, 1.807) is 0 Å². The molecule has 116 valence electrons. The number of pyridine rings is 1. The van der Waals surface area contributed by atoms with Gasteiger partial charge in [0.1, 0.15) is 6.61 Å². The van der Waals surface area contributed by atoms with Crippen molar-refractivity contribution in [2.75, 3.05) is 34.2 Å². The summed E-state index contributed by atoms with van der Waals surface area (Å²) in [4.78, 5) is 26.2. The van der Waals surface area contributed by atoms with E-state index in [-0.39, 0.29) is 30.4 Å². The molecule has 21 heavy (non-hydrogen) atoms. The first-order chi connectivity index (χ1) is 10.1. The maximum atomic E-state index is 11.2. The Morgan fingerprint density at radius 2 is 2.00 bits per heavy atom. The van der Waals surface area contributed by atoms with Crippen molar-refractivity contribution in [1.29, 1.82) is 0 Å². The summed E-state index contributed by atoms with van der Waals surface area (Å²) in [5.41, 5.74) is 5.03. The lowest BCUT2D eigenvalue weighted by molar-refractivity contribution is -0.00503. The monoisotopic (exact) mass is 300 g/mol.